The molecule has 0 atom stereocenters. The molecule has 0 amide bonds. The summed E-state index contributed by atoms with van der Waals surface area (Å²) in [6, 6.07) is 6.41. The number of aromatic nitrogens is 1. The Labute approximate surface area is 132 Å². The molecule has 0 aliphatic rings. The van der Waals surface area contributed by atoms with Crippen LogP contribution < -0.4 is 10.6 Å². The van der Waals surface area contributed by atoms with Gasteiger partial charge in [-0.05, 0) is 31.4 Å². The van der Waals surface area contributed by atoms with E-state index in [-0.39, 0.29) is 0 Å². The molecular weight excluding hydrogens is 276 g/mol. The number of hydrogen-bond acceptors (Lipinski definition) is 2. The maximum atomic E-state index is 5.30. The SMILES string of the molecule is CCOCCNC(=NC)NCCc1c[nH]c2c(C)cccc12. The summed E-state index contributed by atoms with van der Waals surface area (Å²) in [7, 11) is 1.78. The highest BCUT2D eigenvalue weighted by Crippen LogP contribution is 2.21. The van der Waals surface area contributed by atoms with Gasteiger partial charge in [0.05, 0.1) is 6.61 Å². The number of H-pyrrole nitrogens is 1. The van der Waals surface area contributed by atoms with E-state index in [0.717, 1.165) is 32.1 Å². The van der Waals surface area contributed by atoms with Crippen LogP contribution in [0.3, 0.4) is 0 Å². The minimum absolute atomic E-state index is 0.693. The molecule has 1 aromatic heterocycles. The quantitative estimate of drug-likeness (QED) is 0.417. The Balaban J connectivity index is 1.83. The van der Waals surface area contributed by atoms with Gasteiger partial charge in [-0.25, -0.2) is 0 Å². The van der Waals surface area contributed by atoms with E-state index in [1.54, 1.807) is 7.05 Å². The number of aromatic amines is 1. The van der Waals surface area contributed by atoms with Gasteiger partial charge in [-0.3, -0.25) is 4.99 Å². The smallest absolute Gasteiger partial charge is 0.191 e. The van der Waals surface area contributed by atoms with Crippen LogP contribution in [-0.4, -0.2) is 44.3 Å². The molecule has 0 fully saturated rings. The zero-order chi connectivity index (χ0) is 15.8. The van der Waals surface area contributed by atoms with Crippen LogP contribution in [0, 0.1) is 6.92 Å². The van der Waals surface area contributed by atoms with Gasteiger partial charge in [0.1, 0.15) is 0 Å². The maximum absolute atomic E-state index is 5.30. The largest absolute Gasteiger partial charge is 0.380 e. The second-order valence-electron chi connectivity index (χ2n) is 5.18. The van der Waals surface area contributed by atoms with Crippen molar-refractivity contribution in [1.82, 2.24) is 15.6 Å². The highest BCUT2D eigenvalue weighted by molar-refractivity contribution is 5.86. The normalized spacial score (nSPS) is 11.9. The summed E-state index contributed by atoms with van der Waals surface area (Å²) in [6.45, 7) is 7.17. The molecule has 0 saturated heterocycles. The van der Waals surface area contributed by atoms with Gasteiger partial charge in [0, 0.05) is 43.8 Å². The lowest BCUT2D eigenvalue weighted by atomic mass is 10.1. The van der Waals surface area contributed by atoms with Crippen molar-refractivity contribution in [3.63, 3.8) is 0 Å². The first kappa shape index (κ1) is 16.4. The molecule has 0 spiro atoms. The number of ether oxygens (including phenoxy) is 1. The van der Waals surface area contributed by atoms with Crippen LogP contribution in [0.1, 0.15) is 18.1 Å². The molecule has 3 N–H and O–H groups in total. The van der Waals surface area contributed by atoms with Gasteiger partial charge in [0.25, 0.3) is 0 Å². The average molecular weight is 302 g/mol. The summed E-state index contributed by atoms with van der Waals surface area (Å²) >= 11 is 0. The number of hydrogen-bond donors (Lipinski definition) is 3. The zero-order valence-electron chi connectivity index (χ0n) is 13.7. The van der Waals surface area contributed by atoms with E-state index in [1.807, 2.05) is 6.92 Å². The third-order valence-electron chi connectivity index (χ3n) is 3.66. The van der Waals surface area contributed by atoms with Crippen molar-refractivity contribution in [1.29, 1.82) is 0 Å². The Bertz CT molecular complexity index is 618. The van der Waals surface area contributed by atoms with Crippen molar-refractivity contribution in [3.8, 4) is 0 Å². The van der Waals surface area contributed by atoms with Crippen LogP contribution in [-0.2, 0) is 11.2 Å². The minimum Gasteiger partial charge on any atom is -0.380 e. The number of aryl methyl sites for hydroxylation is 1. The van der Waals surface area contributed by atoms with Gasteiger partial charge in [0.2, 0.25) is 0 Å². The Morgan fingerprint density at radius 3 is 2.86 bits per heavy atom. The second-order valence-corrected chi connectivity index (χ2v) is 5.18. The lowest BCUT2D eigenvalue weighted by Crippen LogP contribution is -2.39. The highest BCUT2D eigenvalue weighted by atomic mass is 16.5. The molecule has 0 aliphatic heterocycles. The summed E-state index contributed by atoms with van der Waals surface area (Å²) < 4.78 is 5.30. The van der Waals surface area contributed by atoms with E-state index >= 15 is 0 Å². The van der Waals surface area contributed by atoms with E-state index in [1.165, 1.54) is 22.0 Å². The number of benzene rings is 1. The fourth-order valence-corrected chi connectivity index (χ4v) is 2.49. The van der Waals surface area contributed by atoms with Gasteiger partial charge < -0.3 is 20.4 Å². The van der Waals surface area contributed by atoms with Crippen LogP contribution in [0.25, 0.3) is 10.9 Å². The van der Waals surface area contributed by atoms with E-state index in [2.05, 4.69) is 51.9 Å². The molecule has 1 heterocycles. The number of nitrogens with zero attached hydrogens (tertiary/aromatic N) is 1. The zero-order valence-corrected chi connectivity index (χ0v) is 13.7. The third-order valence-corrected chi connectivity index (χ3v) is 3.66. The Morgan fingerprint density at radius 2 is 2.09 bits per heavy atom. The molecule has 120 valence electrons. The van der Waals surface area contributed by atoms with E-state index in [9.17, 15) is 0 Å². The summed E-state index contributed by atoms with van der Waals surface area (Å²) in [6.07, 6.45) is 3.06. The number of para-hydroxylation sites is 1. The molecule has 0 unspecified atom stereocenters. The number of rotatable bonds is 7. The van der Waals surface area contributed by atoms with Crippen LogP contribution in [0.4, 0.5) is 0 Å². The van der Waals surface area contributed by atoms with Crippen molar-refractivity contribution in [2.45, 2.75) is 20.3 Å². The lowest BCUT2D eigenvalue weighted by Gasteiger charge is -2.11. The fourth-order valence-electron chi connectivity index (χ4n) is 2.49. The number of nitrogens with one attached hydrogen (secondary N) is 3. The van der Waals surface area contributed by atoms with Crippen molar-refractivity contribution in [2.24, 2.45) is 4.99 Å². The van der Waals surface area contributed by atoms with Crippen molar-refractivity contribution >= 4 is 16.9 Å². The second kappa shape index (κ2) is 8.44. The van der Waals surface area contributed by atoms with Crippen LogP contribution in [0.2, 0.25) is 0 Å². The highest BCUT2D eigenvalue weighted by Gasteiger charge is 2.05. The predicted octanol–water partition coefficient (Wildman–Crippen LogP) is 2.22. The molecule has 2 aromatic rings. The molecule has 0 bridgehead atoms. The van der Waals surface area contributed by atoms with E-state index in [0.29, 0.717) is 6.61 Å². The molecule has 22 heavy (non-hydrogen) atoms. The third kappa shape index (κ3) is 4.24. The molecule has 5 nitrogen and oxygen atoms in total. The Hall–Kier alpha value is -2.01. The van der Waals surface area contributed by atoms with Crippen LogP contribution in [0.15, 0.2) is 29.4 Å². The first-order valence-electron chi connectivity index (χ1n) is 7.84. The summed E-state index contributed by atoms with van der Waals surface area (Å²) in [5, 5.41) is 7.88. The van der Waals surface area contributed by atoms with Crippen LogP contribution in [0.5, 0.6) is 0 Å². The standard InChI is InChI=1S/C17H26N4O/c1-4-22-11-10-20-17(18-3)19-9-8-14-12-21-16-13(2)6-5-7-15(14)16/h5-7,12,21H,4,8-11H2,1-3H3,(H2,18,19,20). The monoisotopic (exact) mass is 302 g/mol. The van der Waals surface area contributed by atoms with E-state index in [4.69, 9.17) is 4.74 Å². The Kier molecular flexibility index (Phi) is 6.27. The van der Waals surface area contributed by atoms with Gasteiger partial charge in [-0.2, -0.15) is 0 Å². The first-order valence-corrected chi connectivity index (χ1v) is 7.84. The number of fused-ring (bicyclic) bond motifs is 1. The van der Waals surface area contributed by atoms with Crippen molar-refractivity contribution in [2.75, 3.05) is 33.4 Å². The number of guanidine groups is 1. The molecule has 1 aromatic carbocycles. The maximum Gasteiger partial charge on any atom is 0.191 e. The average Bonchev–Trinajstić information content (AvgIpc) is 2.94. The summed E-state index contributed by atoms with van der Waals surface area (Å²) in [4.78, 5) is 7.58. The first-order chi connectivity index (χ1) is 10.8. The van der Waals surface area contributed by atoms with Gasteiger partial charge >= 0.3 is 0 Å². The van der Waals surface area contributed by atoms with Crippen LogP contribution >= 0.6 is 0 Å². The molecule has 2 rings (SSSR count). The van der Waals surface area contributed by atoms with Gasteiger partial charge in [-0.1, -0.05) is 18.2 Å². The topological polar surface area (TPSA) is 61.4 Å². The predicted molar refractivity (Wildman–Crippen MR) is 92.6 cm³/mol. The Morgan fingerprint density at radius 1 is 1.27 bits per heavy atom. The number of aliphatic imine (C=N–C) groups is 1. The molecular formula is C17H26N4O. The van der Waals surface area contributed by atoms with Crippen molar-refractivity contribution in [3.05, 3.63) is 35.5 Å². The lowest BCUT2D eigenvalue weighted by molar-refractivity contribution is 0.152. The summed E-state index contributed by atoms with van der Waals surface area (Å²) in [5.41, 5.74) is 3.85. The van der Waals surface area contributed by atoms with E-state index < -0.39 is 0 Å². The molecule has 5 heteroatoms. The minimum atomic E-state index is 0.693. The summed E-state index contributed by atoms with van der Waals surface area (Å²) in [5.74, 6) is 0.815. The van der Waals surface area contributed by atoms with Crippen molar-refractivity contribution < 1.29 is 4.74 Å². The van der Waals surface area contributed by atoms with Gasteiger partial charge in [-0.15, -0.1) is 0 Å². The molecule has 0 radical (unpaired) electrons. The van der Waals surface area contributed by atoms with Gasteiger partial charge in [0.15, 0.2) is 5.96 Å². The fraction of sp³-hybridized carbons (Fsp3) is 0.471. The molecule has 0 aliphatic carbocycles. The molecule has 0 saturated carbocycles.